The number of hydrogen-bond donors (Lipinski definition) is 1. The van der Waals surface area contributed by atoms with Gasteiger partial charge in [-0.25, -0.2) is 5.43 Å². The molecule has 96 valence electrons. The van der Waals surface area contributed by atoms with Gasteiger partial charge in [0.2, 0.25) is 5.91 Å². The van der Waals surface area contributed by atoms with Crippen molar-refractivity contribution in [2.24, 2.45) is 5.10 Å². The van der Waals surface area contributed by atoms with Crippen molar-refractivity contribution in [3.63, 3.8) is 0 Å². The second-order valence-corrected chi connectivity index (χ2v) is 4.44. The summed E-state index contributed by atoms with van der Waals surface area (Å²) in [7, 11) is 0. The number of halogens is 1. The first-order valence-electron chi connectivity index (χ1n) is 5.85. The molecule has 0 aromatic heterocycles. The van der Waals surface area contributed by atoms with Gasteiger partial charge in [-0.1, -0.05) is 54.1 Å². The molecular formula is C15H13ClN2O. The zero-order valence-electron chi connectivity index (χ0n) is 10.2. The van der Waals surface area contributed by atoms with Crippen molar-refractivity contribution in [3.05, 3.63) is 70.7 Å². The van der Waals surface area contributed by atoms with E-state index in [1.54, 1.807) is 18.3 Å². The van der Waals surface area contributed by atoms with Crippen LogP contribution in [0.4, 0.5) is 0 Å². The van der Waals surface area contributed by atoms with Crippen LogP contribution in [0.25, 0.3) is 0 Å². The Labute approximate surface area is 116 Å². The summed E-state index contributed by atoms with van der Waals surface area (Å²) in [5.41, 5.74) is 4.33. The number of carbonyl (C=O) groups excluding carboxylic acids is 1. The Kier molecular flexibility index (Phi) is 4.70. The molecule has 4 heteroatoms. The predicted octanol–water partition coefficient (Wildman–Crippen LogP) is 3.03. The van der Waals surface area contributed by atoms with Gasteiger partial charge in [-0.15, -0.1) is 0 Å². The molecule has 0 fully saturated rings. The van der Waals surface area contributed by atoms with Gasteiger partial charge in [-0.3, -0.25) is 4.79 Å². The van der Waals surface area contributed by atoms with E-state index in [1.165, 1.54) is 0 Å². The van der Waals surface area contributed by atoms with Crippen LogP contribution in [0.2, 0.25) is 5.02 Å². The lowest BCUT2D eigenvalue weighted by molar-refractivity contribution is -0.120. The molecule has 2 aromatic rings. The van der Waals surface area contributed by atoms with E-state index >= 15 is 0 Å². The molecule has 19 heavy (non-hydrogen) atoms. The third-order valence-electron chi connectivity index (χ3n) is 2.48. The molecule has 0 bridgehead atoms. The molecule has 0 aliphatic rings. The normalized spacial score (nSPS) is 10.6. The summed E-state index contributed by atoms with van der Waals surface area (Å²) in [6.07, 6.45) is 1.90. The Bertz CT molecular complexity index is 564. The Morgan fingerprint density at radius 3 is 2.47 bits per heavy atom. The first-order chi connectivity index (χ1) is 9.24. The average Bonchev–Trinajstić information content (AvgIpc) is 2.42. The highest BCUT2D eigenvalue weighted by atomic mass is 35.5. The highest BCUT2D eigenvalue weighted by Crippen LogP contribution is 2.07. The minimum Gasteiger partial charge on any atom is -0.273 e. The molecule has 2 rings (SSSR count). The maximum atomic E-state index is 11.6. The number of amides is 1. The molecule has 0 atom stereocenters. The van der Waals surface area contributed by atoms with Crippen LogP contribution >= 0.6 is 11.6 Å². The molecule has 0 saturated heterocycles. The van der Waals surface area contributed by atoms with Crippen LogP contribution in [-0.2, 0) is 11.2 Å². The largest absolute Gasteiger partial charge is 0.273 e. The van der Waals surface area contributed by atoms with Crippen molar-refractivity contribution in [3.8, 4) is 0 Å². The molecule has 3 nitrogen and oxygen atoms in total. The van der Waals surface area contributed by atoms with Gasteiger partial charge in [0.1, 0.15) is 0 Å². The first kappa shape index (κ1) is 13.3. The van der Waals surface area contributed by atoms with Crippen LogP contribution in [0.1, 0.15) is 11.1 Å². The standard InChI is InChI=1S/C15H13ClN2O/c16-14-8-6-13(7-9-14)11-17-18-15(19)10-12-4-2-1-3-5-12/h1-9,11H,10H2,(H,18,19). The lowest BCUT2D eigenvalue weighted by atomic mass is 10.1. The fourth-order valence-corrected chi connectivity index (χ4v) is 1.67. The Balaban J connectivity index is 1.85. The fraction of sp³-hybridized carbons (Fsp3) is 0.0667. The smallest absolute Gasteiger partial charge is 0.244 e. The minimum atomic E-state index is -0.142. The maximum Gasteiger partial charge on any atom is 0.244 e. The van der Waals surface area contributed by atoms with Crippen molar-refractivity contribution in [1.82, 2.24) is 5.43 Å². The van der Waals surface area contributed by atoms with Crippen molar-refractivity contribution in [2.45, 2.75) is 6.42 Å². The summed E-state index contributed by atoms with van der Waals surface area (Å²) >= 11 is 5.77. The van der Waals surface area contributed by atoms with E-state index in [2.05, 4.69) is 10.5 Å². The summed E-state index contributed by atoms with van der Waals surface area (Å²) < 4.78 is 0. The number of carbonyl (C=O) groups is 1. The molecule has 2 aromatic carbocycles. The molecule has 0 radical (unpaired) electrons. The highest BCUT2D eigenvalue weighted by Gasteiger charge is 2.00. The topological polar surface area (TPSA) is 41.5 Å². The van der Waals surface area contributed by atoms with Crippen LogP contribution in [-0.4, -0.2) is 12.1 Å². The van der Waals surface area contributed by atoms with Crippen molar-refractivity contribution in [1.29, 1.82) is 0 Å². The predicted molar refractivity (Wildman–Crippen MR) is 77.3 cm³/mol. The van der Waals surface area contributed by atoms with Crippen LogP contribution < -0.4 is 5.43 Å². The molecule has 1 N–H and O–H groups in total. The zero-order chi connectivity index (χ0) is 13.5. The summed E-state index contributed by atoms with van der Waals surface area (Å²) in [5.74, 6) is -0.142. The third kappa shape index (κ3) is 4.56. The van der Waals surface area contributed by atoms with Gasteiger partial charge in [0, 0.05) is 5.02 Å². The number of hydrazone groups is 1. The molecule has 0 aliphatic carbocycles. The van der Waals surface area contributed by atoms with E-state index in [1.807, 2.05) is 42.5 Å². The molecule has 0 unspecified atom stereocenters. The average molecular weight is 273 g/mol. The van der Waals surface area contributed by atoms with E-state index in [0.29, 0.717) is 11.4 Å². The van der Waals surface area contributed by atoms with E-state index < -0.39 is 0 Å². The van der Waals surface area contributed by atoms with Crippen molar-refractivity contribution >= 4 is 23.7 Å². The number of benzene rings is 2. The first-order valence-corrected chi connectivity index (χ1v) is 6.23. The Hall–Kier alpha value is -2.13. The second kappa shape index (κ2) is 6.71. The molecule has 0 heterocycles. The van der Waals surface area contributed by atoms with E-state index in [0.717, 1.165) is 11.1 Å². The van der Waals surface area contributed by atoms with Gasteiger partial charge < -0.3 is 0 Å². The number of nitrogens with zero attached hydrogens (tertiary/aromatic N) is 1. The van der Waals surface area contributed by atoms with Crippen LogP contribution in [0.15, 0.2) is 59.7 Å². The number of nitrogens with one attached hydrogen (secondary N) is 1. The van der Waals surface area contributed by atoms with Gasteiger partial charge in [0.15, 0.2) is 0 Å². The van der Waals surface area contributed by atoms with Gasteiger partial charge in [-0.05, 0) is 23.3 Å². The Morgan fingerprint density at radius 2 is 1.79 bits per heavy atom. The van der Waals surface area contributed by atoms with Gasteiger partial charge in [-0.2, -0.15) is 5.10 Å². The SMILES string of the molecule is O=C(Cc1ccccc1)NN=Cc1ccc(Cl)cc1. The van der Waals surface area contributed by atoms with Crippen LogP contribution in [0.3, 0.4) is 0 Å². The number of rotatable bonds is 4. The summed E-state index contributed by atoms with van der Waals surface area (Å²) in [6, 6.07) is 16.7. The minimum absolute atomic E-state index is 0.142. The van der Waals surface area contributed by atoms with Gasteiger partial charge in [0.25, 0.3) is 0 Å². The van der Waals surface area contributed by atoms with Crippen LogP contribution in [0.5, 0.6) is 0 Å². The van der Waals surface area contributed by atoms with E-state index in [-0.39, 0.29) is 5.91 Å². The van der Waals surface area contributed by atoms with Crippen LogP contribution in [0, 0.1) is 0 Å². The molecule has 1 amide bonds. The van der Waals surface area contributed by atoms with Gasteiger partial charge in [0.05, 0.1) is 12.6 Å². The molecule has 0 saturated carbocycles. The zero-order valence-corrected chi connectivity index (χ0v) is 11.0. The fourth-order valence-electron chi connectivity index (χ4n) is 1.55. The molecular weight excluding hydrogens is 260 g/mol. The van der Waals surface area contributed by atoms with E-state index in [9.17, 15) is 4.79 Å². The summed E-state index contributed by atoms with van der Waals surface area (Å²) in [5, 5.41) is 4.57. The van der Waals surface area contributed by atoms with E-state index in [4.69, 9.17) is 11.6 Å². The molecule has 0 aliphatic heterocycles. The quantitative estimate of drug-likeness (QED) is 0.675. The maximum absolute atomic E-state index is 11.6. The Morgan fingerprint density at radius 1 is 1.11 bits per heavy atom. The lowest BCUT2D eigenvalue weighted by Gasteiger charge is -1.99. The number of hydrogen-bond acceptors (Lipinski definition) is 2. The summed E-state index contributed by atoms with van der Waals surface area (Å²) in [6.45, 7) is 0. The third-order valence-corrected chi connectivity index (χ3v) is 2.73. The summed E-state index contributed by atoms with van der Waals surface area (Å²) in [4.78, 5) is 11.6. The van der Waals surface area contributed by atoms with Crippen molar-refractivity contribution < 1.29 is 4.79 Å². The second-order valence-electron chi connectivity index (χ2n) is 4.01. The monoisotopic (exact) mass is 272 g/mol. The van der Waals surface area contributed by atoms with Crippen molar-refractivity contribution in [2.75, 3.05) is 0 Å². The lowest BCUT2D eigenvalue weighted by Crippen LogP contribution is -2.19. The van der Waals surface area contributed by atoms with Gasteiger partial charge >= 0.3 is 0 Å². The highest BCUT2D eigenvalue weighted by molar-refractivity contribution is 6.30. The molecule has 0 spiro atoms.